The Morgan fingerprint density at radius 2 is 1.81 bits per heavy atom. The van der Waals surface area contributed by atoms with Crippen molar-refractivity contribution in [2.45, 2.75) is 50.1 Å². The number of ether oxygens (including phenoxy) is 2. The highest BCUT2D eigenvalue weighted by Crippen LogP contribution is 2.36. The van der Waals surface area contributed by atoms with Crippen LogP contribution in [0, 0.1) is 6.92 Å². The Balaban J connectivity index is 1.77. The number of carbonyl (C=O) groups excluding carboxylic acids is 1. The van der Waals surface area contributed by atoms with Gasteiger partial charge in [0.2, 0.25) is 0 Å². The first-order chi connectivity index (χ1) is 14.8. The molecule has 5 atom stereocenters. The van der Waals surface area contributed by atoms with E-state index in [1.165, 1.54) is 24.9 Å². The molecule has 31 heavy (non-hydrogen) atoms. The summed E-state index contributed by atoms with van der Waals surface area (Å²) in [6, 6.07) is 13.8. The fraction of sp³-hybridized carbons (Fsp3) is 0.375. The number of hydrogen-bond acceptors (Lipinski definition) is 7. The molecule has 1 aliphatic rings. The molecule has 0 bridgehead atoms. The summed E-state index contributed by atoms with van der Waals surface area (Å²) < 4.78 is 10.7. The quantitative estimate of drug-likeness (QED) is 0.466. The van der Waals surface area contributed by atoms with Gasteiger partial charge in [0.1, 0.15) is 29.9 Å². The summed E-state index contributed by atoms with van der Waals surface area (Å²) >= 11 is 1.30. The number of aryl methyl sites for hydroxylation is 1. The molecule has 6 nitrogen and oxygen atoms in total. The van der Waals surface area contributed by atoms with Crippen molar-refractivity contribution >= 4 is 23.8 Å². The molecule has 0 unspecified atom stereocenters. The summed E-state index contributed by atoms with van der Waals surface area (Å²) in [4.78, 5) is 10.8. The van der Waals surface area contributed by atoms with Crippen LogP contribution in [0.15, 0.2) is 48.7 Å². The maximum absolute atomic E-state index is 10.8. The van der Waals surface area contributed by atoms with E-state index in [-0.39, 0.29) is 5.97 Å². The van der Waals surface area contributed by atoms with Gasteiger partial charge in [-0.05, 0) is 53.5 Å². The Morgan fingerprint density at radius 3 is 2.45 bits per heavy atom. The summed E-state index contributed by atoms with van der Waals surface area (Å²) in [6.45, 7) is 3.38. The fourth-order valence-corrected chi connectivity index (χ4v) is 4.22. The molecule has 2 aromatic carbocycles. The molecule has 0 spiro atoms. The first kappa shape index (κ1) is 23.5. The van der Waals surface area contributed by atoms with Gasteiger partial charge in [-0.1, -0.05) is 42.5 Å². The average Bonchev–Trinajstić information content (AvgIpc) is 2.75. The van der Waals surface area contributed by atoms with Crippen molar-refractivity contribution in [3.8, 4) is 0 Å². The predicted molar refractivity (Wildman–Crippen MR) is 120 cm³/mol. The van der Waals surface area contributed by atoms with Gasteiger partial charge in [0, 0.05) is 6.92 Å². The van der Waals surface area contributed by atoms with Crippen molar-refractivity contribution in [2.24, 2.45) is 0 Å². The molecule has 3 rings (SSSR count). The third kappa shape index (κ3) is 5.75. The highest BCUT2D eigenvalue weighted by molar-refractivity contribution is 7.99. The lowest BCUT2D eigenvalue weighted by atomic mass is 9.91. The Kier molecular flexibility index (Phi) is 7.91. The van der Waals surface area contributed by atoms with E-state index in [1.54, 1.807) is 12.3 Å². The summed E-state index contributed by atoms with van der Waals surface area (Å²) in [5.41, 5.74) is 4.37. The molecular weight excluding hydrogens is 416 g/mol. The van der Waals surface area contributed by atoms with Crippen LogP contribution in [-0.2, 0) is 20.7 Å². The predicted octanol–water partition coefficient (Wildman–Crippen LogP) is 2.96. The van der Waals surface area contributed by atoms with Gasteiger partial charge in [0.15, 0.2) is 0 Å². The van der Waals surface area contributed by atoms with E-state index in [4.69, 9.17) is 9.47 Å². The number of hydrogen-bond donors (Lipinski definition) is 3. The summed E-state index contributed by atoms with van der Waals surface area (Å²) in [5.74, 6) is -0.360. The van der Waals surface area contributed by atoms with E-state index in [1.807, 2.05) is 49.4 Å². The molecule has 166 valence electrons. The minimum Gasteiger partial charge on any atom is -0.435 e. The monoisotopic (exact) mass is 444 g/mol. The Morgan fingerprint density at radius 1 is 1.10 bits per heavy atom. The topological polar surface area (TPSA) is 96.2 Å². The van der Waals surface area contributed by atoms with Crippen LogP contribution in [0.1, 0.15) is 40.8 Å². The van der Waals surface area contributed by atoms with E-state index in [0.29, 0.717) is 6.42 Å². The molecule has 0 amide bonds. The van der Waals surface area contributed by atoms with Crippen molar-refractivity contribution in [1.29, 1.82) is 0 Å². The molecule has 1 heterocycles. The zero-order valence-corrected chi connectivity index (χ0v) is 18.6. The highest BCUT2D eigenvalue weighted by atomic mass is 32.2. The summed E-state index contributed by atoms with van der Waals surface area (Å²) in [6.07, 6.45) is 1.23. The second-order valence-electron chi connectivity index (χ2n) is 7.65. The van der Waals surface area contributed by atoms with Gasteiger partial charge < -0.3 is 24.8 Å². The van der Waals surface area contributed by atoms with Crippen molar-refractivity contribution in [2.75, 3.05) is 6.26 Å². The Labute approximate surface area is 186 Å². The molecule has 0 aromatic heterocycles. The van der Waals surface area contributed by atoms with Crippen molar-refractivity contribution in [3.05, 3.63) is 76.5 Å². The van der Waals surface area contributed by atoms with E-state index >= 15 is 0 Å². The van der Waals surface area contributed by atoms with E-state index < -0.39 is 29.9 Å². The van der Waals surface area contributed by atoms with Crippen LogP contribution < -0.4 is 0 Å². The van der Waals surface area contributed by atoms with Gasteiger partial charge in [-0.15, -0.1) is 11.8 Å². The fourth-order valence-electron chi connectivity index (χ4n) is 3.55. The molecule has 7 heteroatoms. The Hall–Kier alpha value is -2.16. The number of benzene rings is 2. The van der Waals surface area contributed by atoms with Gasteiger partial charge in [-0.3, -0.25) is 4.79 Å². The molecule has 0 saturated carbocycles. The normalized spacial score (nSPS) is 26.2. The number of esters is 1. The van der Waals surface area contributed by atoms with Crippen LogP contribution in [0.5, 0.6) is 0 Å². The van der Waals surface area contributed by atoms with Gasteiger partial charge in [-0.2, -0.15) is 0 Å². The zero-order chi connectivity index (χ0) is 22.5. The lowest BCUT2D eigenvalue weighted by molar-refractivity contribution is -0.200. The van der Waals surface area contributed by atoms with Crippen molar-refractivity contribution in [1.82, 2.24) is 0 Å². The van der Waals surface area contributed by atoms with Crippen molar-refractivity contribution in [3.63, 3.8) is 0 Å². The van der Waals surface area contributed by atoms with Crippen LogP contribution >= 0.6 is 11.8 Å². The zero-order valence-electron chi connectivity index (χ0n) is 17.8. The third-order valence-electron chi connectivity index (χ3n) is 5.37. The third-order valence-corrected chi connectivity index (χ3v) is 6.23. The molecule has 1 fully saturated rings. The van der Waals surface area contributed by atoms with Crippen LogP contribution in [0.2, 0.25) is 0 Å². The van der Waals surface area contributed by atoms with Gasteiger partial charge in [0.05, 0.1) is 6.26 Å². The highest BCUT2D eigenvalue weighted by Gasteiger charge is 2.44. The standard InChI is InChI=1S/C24H28O6S/c1-14-4-9-18(23-21(27)20(26)22(28)24(30-23)31-3)13-19(14)12-17-7-5-16(6-8-17)10-11-29-15(2)25/h4-11,13,20-24,26-28H,12H2,1-3H3/b11-10+/t20-,21-,22+,23+,24-/m1/s1. The first-order valence-corrected chi connectivity index (χ1v) is 11.3. The lowest BCUT2D eigenvalue weighted by Crippen LogP contribution is -2.52. The largest absolute Gasteiger partial charge is 0.435 e. The van der Waals surface area contributed by atoms with Gasteiger partial charge >= 0.3 is 5.97 Å². The van der Waals surface area contributed by atoms with Crippen LogP contribution in [0.25, 0.3) is 6.08 Å². The number of aliphatic hydroxyl groups excluding tert-OH is 3. The van der Waals surface area contributed by atoms with Crippen LogP contribution in [0.4, 0.5) is 0 Å². The van der Waals surface area contributed by atoms with E-state index in [2.05, 4.69) is 0 Å². The van der Waals surface area contributed by atoms with E-state index in [9.17, 15) is 20.1 Å². The lowest BCUT2D eigenvalue weighted by Gasteiger charge is -2.40. The molecule has 0 radical (unpaired) electrons. The molecule has 2 aromatic rings. The Bertz CT molecular complexity index is 924. The van der Waals surface area contributed by atoms with Crippen molar-refractivity contribution < 1.29 is 29.6 Å². The smallest absolute Gasteiger partial charge is 0.307 e. The second-order valence-corrected chi connectivity index (χ2v) is 8.59. The summed E-state index contributed by atoms with van der Waals surface area (Å²) in [7, 11) is 0. The molecule has 0 aliphatic carbocycles. The SMILES string of the molecule is CS[C@H]1O[C@@H](c2ccc(C)c(Cc3ccc(/C=C/OC(C)=O)cc3)c2)[C@H](O)[C@@H](O)[C@@H]1O. The number of carbonyl (C=O) groups is 1. The van der Waals surface area contributed by atoms with Crippen LogP contribution in [0.3, 0.4) is 0 Å². The molecular formula is C24H28O6S. The number of aliphatic hydroxyl groups is 3. The molecule has 1 aliphatic heterocycles. The minimum absolute atomic E-state index is 0.360. The minimum atomic E-state index is -1.27. The summed E-state index contributed by atoms with van der Waals surface area (Å²) in [5, 5.41) is 30.8. The maximum Gasteiger partial charge on any atom is 0.307 e. The maximum atomic E-state index is 10.8. The van der Waals surface area contributed by atoms with E-state index in [0.717, 1.165) is 27.8 Å². The number of thioether (sulfide) groups is 1. The van der Waals surface area contributed by atoms with Crippen LogP contribution in [-0.4, -0.2) is 51.3 Å². The molecule has 1 saturated heterocycles. The van der Waals surface area contributed by atoms with Gasteiger partial charge in [0.25, 0.3) is 0 Å². The van der Waals surface area contributed by atoms with Gasteiger partial charge in [-0.25, -0.2) is 0 Å². The second kappa shape index (κ2) is 10.4. The first-order valence-electron chi connectivity index (χ1n) is 10.0. The molecule has 3 N–H and O–H groups in total. The average molecular weight is 445 g/mol. The number of rotatable bonds is 6.